The van der Waals surface area contributed by atoms with Crippen LogP contribution in [0.2, 0.25) is 0 Å². The van der Waals surface area contributed by atoms with Gasteiger partial charge >= 0.3 is 0 Å². The van der Waals surface area contributed by atoms with Gasteiger partial charge in [0.15, 0.2) is 0 Å². The fourth-order valence-electron chi connectivity index (χ4n) is 2.17. The van der Waals surface area contributed by atoms with E-state index in [1.807, 2.05) is 25.1 Å². The van der Waals surface area contributed by atoms with Gasteiger partial charge in [0, 0.05) is 36.6 Å². The van der Waals surface area contributed by atoms with Crippen LogP contribution in [0.15, 0.2) is 22.7 Å². The molecular formula is C13H17BrO3. The van der Waals surface area contributed by atoms with Gasteiger partial charge in [-0.05, 0) is 19.1 Å². The lowest BCUT2D eigenvalue weighted by molar-refractivity contribution is -0.0202. The first-order valence-electron chi connectivity index (χ1n) is 5.69. The molecule has 1 aliphatic heterocycles. The van der Waals surface area contributed by atoms with Gasteiger partial charge in [0.25, 0.3) is 0 Å². The summed E-state index contributed by atoms with van der Waals surface area (Å²) in [5.74, 6) is 0.761. The van der Waals surface area contributed by atoms with E-state index in [1.54, 1.807) is 7.11 Å². The van der Waals surface area contributed by atoms with Crippen LogP contribution in [0.25, 0.3) is 0 Å². The van der Waals surface area contributed by atoms with Crippen molar-refractivity contribution in [1.82, 2.24) is 0 Å². The standard InChI is InChI=1S/C13H17BrO3/c1-13(5-6-16-2)8-11(15)10-4-3-9(14)7-12(10)17-13/h3-4,7,11,15H,5-6,8H2,1-2H3. The molecule has 94 valence electrons. The highest BCUT2D eigenvalue weighted by Crippen LogP contribution is 2.41. The van der Waals surface area contributed by atoms with Gasteiger partial charge in [-0.15, -0.1) is 0 Å². The molecule has 4 heteroatoms. The van der Waals surface area contributed by atoms with Crippen LogP contribution < -0.4 is 4.74 Å². The maximum absolute atomic E-state index is 10.2. The van der Waals surface area contributed by atoms with Crippen molar-refractivity contribution < 1.29 is 14.6 Å². The Hall–Kier alpha value is -0.580. The van der Waals surface area contributed by atoms with Gasteiger partial charge in [-0.3, -0.25) is 0 Å². The average Bonchev–Trinajstić information content (AvgIpc) is 2.25. The number of fused-ring (bicyclic) bond motifs is 1. The summed E-state index contributed by atoms with van der Waals surface area (Å²) in [6.07, 6.45) is 0.908. The van der Waals surface area contributed by atoms with Crippen molar-refractivity contribution in [2.45, 2.75) is 31.5 Å². The summed E-state index contributed by atoms with van der Waals surface area (Å²) in [6.45, 7) is 2.64. The maximum Gasteiger partial charge on any atom is 0.127 e. The highest BCUT2D eigenvalue weighted by Gasteiger charge is 2.36. The largest absolute Gasteiger partial charge is 0.487 e. The summed E-state index contributed by atoms with van der Waals surface area (Å²) in [6, 6.07) is 5.73. The van der Waals surface area contributed by atoms with E-state index in [2.05, 4.69) is 15.9 Å². The zero-order chi connectivity index (χ0) is 12.5. The van der Waals surface area contributed by atoms with E-state index in [0.29, 0.717) is 13.0 Å². The summed E-state index contributed by atoms with van der Waals surface area (Å²) < 4.78 is 12.0. The fourth-order valence-corrected chi connectivity index (χ4v) is 2.51. The maximum atomic E-state index is 10.2. The Morgan fingerprint density at radius 1 is 1.59 bits per heavy atom. The van der Waals surface area contributed by atoms with E-state index in [9.17, 15) is 5.11 Å². The molecule has 3 nitrogen and oxygen atoms in total. The summed E-state index contributed by atoms with van der Waals surface area (Å²) in [4.78, 5) is 0. The predicted molar refractivity (Wildman–Crippen MR) is 69.2 cm³/mol. The minimum atomic E-state index is -0.464. The van der Waals surface area contributed by atoms with E-state index in [0.717, 1.165) is 22.2 Å². The lowest BCUT2D eigenvalue weighted by atomic mass is 9.88. The molecule has 2 rings (SSSR count). The number of halogens is 1. The smallest absolute Gasteiger partial charge is 0.127 e. The van der Waals surface area contributed by atoms with Crippen molar-refractivity contribution in [3.05, 3.63) is 28.2 Å². The second-order valence-electron chi connectivity index (χ2n) is 4.70. The molecule has 1 N–H and O–H groups in total. The molecule has 0 aromatic heterocycles. The van der Waals surface area contributed by atoms with Crippen LogP contribution in [0.5, 0.6) is 5.75 Å². The van der Waals surface area contributed by atoms with Crippen LogP contribution in [-0.4, -0.2) is 24.4 Å². The highest BCUT2D eigenvalue weighted by atomic mass is 79.9. The predicted octanol–water partition coefficient (Wildman–Crippen LogP) is 3.06. The third kappa shape index (κ3) is 2.81. The summed E-state index contributed by atoms with van der Waals surface area (Å²) in [7, 11) is 1.67. The molecule has 0 spiro atoms. The Balaban J connectivity index is 2.25. The Bertz CT molecular complexity index is 408. The van der Waals surface area contributed by atoms with Crippen LogP contribution >= 0.6 is 15.9 Å². The van der Waals surface area contributed by atoms with Crippen LogP contribution in [-0.2, 0) is 4.74 Å². The zero-order valence-corrected chi connectivity index (χ0v) is 11.7. The van der Waals surface area contributed by atoms with Gasteiger partial charge in [0.1, 0.15) is 11.4 Å². The van der Waals surface area contributed by atoms with E-state index < -0.39 is 6.10 Å². The number of methoxy groups -OCH3 is 1. The van der Waals surface area contributed by atoms with Crippen LogP contribution in [0.3, 0.4) is 0 Å². The molecule has 2 atom stereocenters. The number of aliphatic hydroxyl groups is 1. The lowest BCUT2D eigenvalue weighted by Gasteiger charge is -2.38. The second kappa shape index (κ2) is 4.96. The van der Waals surface area contributed by atoms with Crippen molar-refractivity contribution in [2.75, 3.05) is 13.7 Å². The number of ether oxygens (including phenoxy) is 2. The van der Waals surface area contributed by atoms with Crippen molar-refractivity contribution in [3.8, 4) is 5.75 Å². The van der Waals surface area contributed by atoms with Gasteiger partial charge in [-0.25, -0.2) is 0 Å². The van der Waals surface area contributed by atoms with Crippen LogP contribution in [0, 0.1) is 0 Å². The molecule has 1 heterocycles. The molecule has 0 fully saturated rings. The number of benzene rings is 1. The van der Waals surface area contributed by atoms with E-state index in [4.69, 9.17) is 9.47 Å². The topological polar surface area (TPSA) is 38.7 Å². The van der Waals surface area contributed by atoms with E-state index in [-0.39, 0.29) is 5.60 Å². The van der Waals surface area contributed by atoms with Crippen molar-refractivity contribution in [2.24, 2.45) is 0 Å². The molecule has 0 amide bonds. The summed E-state index contributed by atoms with van der Waals surface area (Å²) in [5, 5.41) is 10.2. The van der Waals surface area contributed by atoms with E-state index in [1.165, 1.54) is 0 Å². The summed E-state index contributed by atoms with van der Waals surface area (Å²) >= 11 is 3.41. The number of hydrogen-bond donors (Lipinski definition) is 1. The number of aliphatic hydroxyl groups excluding tert-OH is 1. The first kappa shape index (κ1) is 12.9. The SMILES string of the molecule is COCCC1(C)CC(O)c2ccc(Br)cc2O1. The van der Waals surface area contributed by atoms with Crippen molar-refractivity contribution in [3.63, 3.8) is 0 Å². The Morgan fingerprint density at radius 2 is 2.35 bits per heavy atom. The third-order valence-electron chi connectivity index (χ3n) is 3.15. The molecule has 0 aliphatic carbocycles. The molecule has 0 saturated carbocycles. The monoisotopic (exact) mass is 300 g/mol. The minimum Gasteiger partial charge on any atom is -0.487 e. The number of hydrogen-bond acceptors (Lipinski definition) is 3. The highest BCUT2D eigenvalue weighted by molar-refractivity contribution is 9.10. The molecule has 0 radical (unpaired) electrons. The zero-order valence-electron chi connectivity index (χ0n) is 10.1. The Labute approximate surface area is 110 Å². The molecule has 1 aliphatic rings. The minimum absolute atomic E-state index is 0.358. The molecule has 0 bridgehead atoms. The Morgan fingerprint density at radius 3 is 3.06 bits per heavy atom. The first-order valence-corrected chi connectivity index (χ1v) is 6.49. The molecule has 2 unspecified atom stereocenters. The molecule has 0 saturated heterocycles. The molecule has 17 heavy (non-hydrogen) atoms. The van der Waals surface area contributed by atoms with Crippen LogP contribution in [0.4, 0.5) is 0 Å². The van der Waals surface area contributed by atoms with Gasteiger partial charge in [-0.1, -0.05) is 22.0 Å². The quantitative estimate of drug-likeness (QED) is 0.932. The van der Waals surface area contributed by atoms with Gasteiger partial charge < -0.3 is 14.6 Å². The molecular weight excluding hydrogens is 284 g/mol. The second-order valence-corrected chi connectivity index (χ2v) is 5.61. The molecule has 1 aromatic carbocycles. The van der Waals surface area contributed by atoms with Gasteiger partial charge in [0.05, 0.1) is 6.10 Å². The normalized spacial score (nSPS) is 27.4. The van der Waals surface area contributed by atoms with Crippen LogP contribution in [0.1, 0.15) is 31.4 Å². The lowest BCUT2D eigenvalue weighted by Crippen LogP contribution is -2.39. The fraction of sp³-hybridized carbons (Fsp3) is 0.538. The molecule has 1 aromatic rings. The van der Waals surface area contributed by atoms with Gasteiger partial charge in [0.2, 0.25) is 0 Å². The Kier molecular flexibility index (Phi) is 3.76. The summed E-state index contributed by atoms with van der Waals surface area (Å²) in [5.41, 5.74) is 0.506. The number of rotatable bonds is 3. The van der Waals surface area contributed by atoms with E-state index >= 15 is 0 Å². The third-order valence-corrected chi connectivity index (χ3v) is 3.64. The average molecular weight is 301 g/mol. The van der Waals surface area contributed by atoms with Crippen molar-refractivity contribution in [1.29, 1.82) is 0 Å². The van der Waals surface area contributed by atoms with Gasteiger partial charge in [-0.2, -0.15) is 0 Å². The van der Waals surface area contributed by atoms with Crippen molar-refractivity contribution >= 4 is 15.9 Å². The first-order chi connectivity index (χ1) is 8.04.